The first kappa shape index (κ1) is 18.7. The number of benzene rings is 1. The first-order valence-corrected chi connectivity index (χ1v) is 8.39. The lowest BCUT2D eigenvalue weighted by molar-refractivity contribution is -0.126. The van der Waals surface area contributed by atoms with Gasteiger partial charge in [-0.25, -0.2) is 0 Å². The molecule has 0 aliphatic carbocycles. The number of aromatic nitrogens is 1. The molecule has 2 atom stereocenters. The van der Waals surface area contributed by atoms with Crippen LogP contribution in [0.25, 0.3) is 10.9 Å². The molecule has 2 rings (SSSR count). The van der Waals surface area contributed by atoms with Gasteiger partial charge in [0.05, 0.1) is 12.5 Å². The summed E-state index contributed by atoms with van der Waals surface area (Å²) in [6.07, 6.45) is 3.23. The van der Waals surface area contributed by atoms with Crippen LogP contribution in [-0.2, 0) is 16.0 Å². The number of nitrogens with two attached hydrogens (primary N) is 2. The van der Waals surface area contributed by atoms with Crippen LogP contribution in [0.15, 0.2) is 36.9 Å². The quantitative estimate of drug-likeness (QED) is 0.518. The van der Waals surface area contributed by atoms with Crippen molar-refractivity contribution in [1.82, 2.24) is 10.3 Å². The molecule has 25 heavy (non-hydrogen) atoms. The highest BCUT2D eigenvalue weighted by molar-refractivity contribution is 5.87. The average Bonchev–Trinajstić information content (AvgIpc) is 2.93. The molecule has 134 valence electrons. The molecule has 1 aromatic heterocycles. The van der Waals surface area contributed by atoms with Crippen molar-refractivity contribution in [2.45, 2.75) is 32.2 Å². The Morgan fingerprint density at radius 2 is 2.12 bits per heavy atom. The maximum absolute atomic E-state index is 11.9. The monoisotopic (exact) mass is 342 g/mol. The molecule has 0 radical (unpaired) electrons. The predicted molar refractivity (Wildman–Crippen MR) is 99.8 cm³/mol. The van der Waals surface area contributed by atoms with E-state index in [-0.39, 0.29) is 18.2 Å². The molecule has 6 N–H and O–H groups in total. The van der Waals surface area contributed by atoms with Crippen LogP contribution in [0, 0.1) is 12.8 Å². The standard InChI is InChI=1S/C19H26N4O2/c1-3-4-13(11-22-19(25)16(20)10-18(21)24)8-15-9-14-7-12(2)5-6-17(14)23-15/h3,5-7,9,13,16,23H,1,4,8,10-11,20H2,2H3,(H2,21,24)(H,22,25)/t13-,16+/m1/s1. The van der Waals surface area contributed by atoms with E-state index in [1.807, 2.05) is 6.08 Å². The number of H-pyrrole nitrogens is 1. The minimum Gasteiger partial charge on any atom is -0.370 e. The zero-order chi connectivity index (χ0) is 18.4. The first-order valence-electron chi connectivity index (χ1n) is 8.39. The Hall–Kier alpha value is -2.60. The van der Waals surface area contributed by atoms with Gasteiger partial charge >= 0.3 is 0 Å². The van der Waals surface area contributed by atoms with Crippen LogP contribution in [0.5, 0.6) is 0 Å². The van der Waals surface area contributed by atoms with Gasteiger partial charge in [0.1, 0.15) is 0 Å². The third-order valence-corrected chi connectivity index (χ3v) is 4.16. The number of hydrogen-bond donors (Lipinski definition) is 4. The van der Waals surface area contributed by atoms with Gasteiger partial charge in [-0.3, -0.25) is 9.59 Å². The summed E-state index contributed by atoms with van der Waals surface area (Å²) in [6, 6.07) is 7.52. The summed E-state index contributed by atoms with van der Waals surface area (Å²) < 4.78 is 0. The molecule has 6 nitrogen and oxygen atoms in total. The number of amides is 2. The van der Waals surface area contributed by atoms with Crippen LogP contribution in [0.3, 0.4) is 0 Å². The van der Waals surface area contributed by atoms with Gasteiger partial charge in [0.2, 0.25) is 11.8 Å². The summed E-state index contributed by atoms with van der Waals surface area (Å²) >= 11 is 0. The second kappa shape index (κ2) is 8.48. The van der Waals surface area contributed by atoms with Gasteiger partial charge in [-0.15, -0.1) is 6.58 Å². The highest BCUT2D eigenvalue weighted by Crippen LogP contribution is 2.20. The number of aryl methyl sites for hydroxylation is 1. The fraction of sp³-hybridized carbons (Fsp3) is 0.368. The Labute approximate surface area is 147 Å². The van der Waals surface area contributed by atoms with Crippen molar-refractivity contribution < 1.29 is 9.59 Å². The summed E-state index contributed by atoms with van der Waals surface area (Å²) in [7, 11) is 0. The maximum atomic E-state index is 11.9. The van der Waals surface area contributed by atoms with Crippen molar-refractivity contribution in [3.8, 4) is 0 Å². The average molecular weight is 342 g/mol. The van der Waals surface area contributed by atoms with E-state index < -0.39 is 11.9 Å². The van der Waals surface area contributed by atoms with Crippen molar-refractivity contribution in [2.24, 2.45) is 17.4 Å². The van der Waals surface area contributed by atoms with Gasteiger partial charge in [-0.05, 0) is 49.3 Å². The molecule has 0 bridgehead atoms. The molecule has 6 heteroatoms. The molecule has 0 fully saturated rings. The highest BCUT2D eigenvalue weighted by Gasteiger charge is 2.18. The minimum absolute atomic E-state index is 0.153. The van der Waals surface area contributed by atoms with Gasteiger partial charge < -0.3 is 21.8 Å². The molecule has 1 aromatic carbocycles. The van der Waals surface area contributed by atoms with E-state index in [0.29, 0.717) is 6.54 Å². The van der Waals surface area contributed by atoms with E-state index >= 15 is 0 Å². The largest absolute Gasteiger partial charge is 0.370 e. The molecule has 0 saturated carbocycles. The second-order valence-electron chi connectivity index (χ2n) is 6.50. The van der Waals surface area contributed by atoms with Gasteiger partial charge in [0.25, 0.3) is 0 Å². The molecular formula is C19H26N4O2. The summed E-state index contributed by atoms with van der Waals surface area (Å²) in [5, 5.41) is 3.98. The number of primary amides is 1. The number of carbonyl (C=O) groups is 2. The fourth-order valence-electron chi connectivity index (χ4n) is 2.89. The predicted octanol–water partition coefficient (Wildman–Crippen LogP) is 1.53. The second-order valence-corrected chi connectivity index (χ2v) is 6.50. The van der Waals surface area contributed by atoms with Crippen LogP contribution in [-0.4, -0.2) is 29.4 Å². The van der Waals surface area contributed by atoms with Crippen LogP contribution in [0.4, 0.5) is 0 Å². The minimum atomic E-state index is -0.905. The molecule has 0 aliphatic heterocycles. The van der Waals surface area contributed by atoms with Gasteiger partial charge in [0.15, 0.2) is 0 Å². The van der Waals surface area contributed by atoms with E-state index in [1.165, 1.54) is 10.9 Å². The van der Waals surface area contributed by atoms with Gasteiger partial charge in [0, 0.05) is 17.8 Å². The highest BCUT2D eigenvalue weighted by atomic mass is 16.2. The van der Waals surface area contributed by atoms with E-state index in [0.717, 1.165) is 24.1 Å². The third-order valence-electron chi connectivity index (χ3n) is 4.16. The number of aromatic amines is 1. The molecule has 1 heterocycles. The molecular weight excluding hydrogens is 316 g/mol. The zero-order valence-corrected chi connectivity index (χ0v) is 14.5. The number of allylic oxidation sites excluding steroid dienone is 1. The van der Waals surface area contributed by atoms with Crippen LogP contribution in [0.1, 0.15) is 24.1 Å². The Bertz CT molecular complexity index is 766. The number of nitrogens with one attached hydrogen (secondary N) is 2. The zero-order valence-electron chi connectivity index (χ0n) is 14.5. The lowest BCUT2D eigenvalue weighted by atomic mass is 9.99. The van der Waals surface area contributed by atoms with E-state index in [1.54, 1.807) is 0 Å². The van der Waals surface area contributed by atoms with E-state index in [4.69, 9.17) is 11.5 Å². The third kappa shape index (κ3) is 5.46. The van der Waals surface area contributed by atoms with Crippen molar-refractivity contribution in [2.75, 3.05) is 6.54 Å². The van der Waals surface area contributed by atoms with E-state index in [9.17, 15) is 9.59 Å². The molecule has 0 saturated heterocycles. The van der Waals surface area contributed by atoms with Crippen LogP contribution in [0.2, 0.25) is 0 Å². The Morgan fingerprint density at radius 3 is 2.80 bits per heavy atom. The van der Waals surface area contributed by atoms with Crippen molar-refractivity contribution >= 4 is 22.7 Å². The summed E-state index contributed by atoms with van der Waals surface area (Å²) in [5.41, 5.74) is 14.2. The fourth-order valence-corrected chi connectivity index (χ4v) is 2.89. The Kier molecular flexibility index (Phi) is 6.36. The normalized spacial score (nSPS) is 13.4. The van der Waals surface area contributed by atoms with Crippen molar-refractivity contribution in [3.63, 3.8) is 0 Å². The molecule has 0 spiro atoms. The van der Waals surface area contributed by atoms with Crippen molar-refractivity contribution in [3.05, 3.63) is 48.2 Å². The SMILES string of the molecule is C=CC[C@@H](CNC(=O)[C@@H](N)CC(N)=O)Cc1cc2cc(C)ccc2[nH]1. The smallest absolute Gasteiger partial charge is 0.237 e. The van der Waals surface area contributed by atoms with E-state index in [2.05, 4.69) is 48.1 Å². The van der Waals surface area contributed by atoms with Gasteiger partial charge in [-0.1, -0.05) is 17.7 Å². The number of fused-ring (bicyclic) bond motifs is 1. The van der Waals surface area contributed by atoms with Crippen LogP contribution >= 0.6 is 0 Å². The number of rotatable bonds is 9. The molecule has 0 aliphatic rings. The van der Waals surface area contributed by atoms with Crippen LogP contribution < -0.4 is 16.8 Å². The summed E-state index contributed by atoms with van der Waals surface area (Å²) in [6.45, 7) is 6.32. The van der Waals surface area contributed by atoms with Gasteiger partial charge in [-0.2, -0.15) is 0 Å². The topological polar surface area (TPSA) is 114 Å². The van der Waals surface area contributed by atoms with Crippen molar-refractivity contribution in [1.29, 1.82) is 0 Å². The molecule has 0 unspecified atom stereocenters. The Balaban J connectivity index is 1.98. The molecule has 2 amide bonds. The lowest BCUT2D eigenvalue weighted by Crippen LogP contribution is -2.44. The number of carbonyl (C=O) groups excluding carboxylic acids is 2. The number of hydrogen-bond acceptors (Lipinski definition) is 3. The lowest BCUT2D eigenvalue weighted by Gasteiger charge is -2.17. The summed E-state index contributed by atoms with van der Waals surface area (Å²) in [5.74, 6) is -0.754. The first-order chi connectivity index (χ1) is 11.9. The maximum Gasteiger partial charge on any atom is 0.237 e. The Morgan fingerprint density at radius 1 is 1.36 bits per heavy atom. The summed E-state index contributed by atoms with van der Waals surface area (Å²) in [4.78, 5) is 26.2. The molecule has 2 aromatic rings.